The van der Waals surface area contributed by atoms with Gasteiger partial charge in [-0.1, -0.05) is 42.5 Å². The van der Waals surface area contributed by atoms with E-state index in [9.17, 15) is 22.4 Å². The van der Waals surface area contributed by atoms with Crippen molar-refractivity contribution in [3.05, 3.63) is 89.5 Å². The summed E-state index contributed by atoms with van der Waals surface area (Å²) in [5.74, 6) is -1.21. The Morgan fingerprint density at radius 1 is 1.00 bits per heavy atom. The van der Waals surface area contributed by atoms with Crippen LogP contribution in [-0.4, -0.2) is 15.7 Å². The summed E-state index contributed by atoms with van der Waals surface area (Å²) in [6, 6.07) is 15.0. The standard InChI is InChI=1S/C19H14F4N2O2/c20-15-8-6-14(7-9-15)18(13-4-2-1-3-5-13)27-17(26)12-25-11-10-16(24-25)19(21,22)23/h1-11,18H,12H2/t18-/m0/s1. The Labute approximate surface area is 152 Å². The lowest BCUT2D eigenvalue weighted by molar-refractivity contribution is -0.149. The highest BCUT2D eigenvalue weighted by Crippen LogP contribution is 2.28. The molecule has 0 saturated heterocycles. The number of alkyl halides is 3. The monoisotopic (exact) mass is 378 g/mol. The molecule has 4 nitrogen and oxygen atoms in total. The second kappa shape index (κ2) is 7.61. The smallest absolute Gasteiger partial charge is 0.435 e. The molecule has 0 aliphatic carbocycles. The van der Waals surface area contributed by atoms with Crippen molar-refractivity contribution in [3.63, 3.8) is 0 Å². The molecule has 0 unspecified atom stereocenters. The molecule has 1 heterocycles. The molecule has 0 amide bonds. The number of carbonyl (C=O) groups excluding carboxylic acids is 1. The molecule has 1 aromatic heterocycles. The van der Waals surface area contributed by atoms with Gasteiger partial charge in [-0.3, -0.25) is 9.48 Å². The molecule has 1 atom stereocenters. The summed E-state index contributed by atoms with van der Waals surface area (Å²) < 4.78 is 57.3. The van der Waals surface area contributed by atoms with Crippen molar-refractivity contribution in [1.82, 2.24) is 9.78 Å². The second-order valence-corrected chi connectivity index (χ2v) is 5.73. The van der Waals surface area contributed by atoms with E-state index in [-0.39, 0.29) is 0 Å². The van der Waals surface area contributed by atoms with Crippen LogP contribution in [0.2, 0.25) is 0 Å². The number of nitrogens with zero attached hydrogens (tertiary/aromatic N) is 2. The van der Waals surface area contributed by atoms with Gasteiger partial charge in [0.2, 0.25) is 0 Å². The molecule has 8 heteroatoms. The highest BCUT2D eigenvalue weighted by atomic mass is 19.4. The van der Waals surface area contributed by atoms with Gasteiger partial charge in [0.1, 0.15) is 12.4 Å². The van der Waals surface area contributed by atoms with Crippen molar-refractivity contribution in [2.75, 3.05) is 0 Å². The Kier molecular flexibility index (Phi) is 5.25. The first-order chi connectivity index (χ1) is 12.8. The van der Waals surface area contributed by atoms with Crippen molar-refractivity contribution >= 4 is 5.97 Å². The molecular weight excluding hydrogens is 364 g/mol. The molecule has 0 spiro atoms. The lowest BCUT2D eigenvalue weighted by Gasteiger charge is -2.19. The topological polar surface area (TPSA) is 44.1 Å². The number of hydrogen-bond donors (Lipinski definition) is 0. The Hall–Kier alpha value is -3.16. The third-order valence-corrected chi connectivity index (χ3v) is 3.75. The summed E-state index contributed by atoms with van der Waals surface area (Å²) in [5, 5.41) is 3.33. The molecule has 3 rings (SSSR count). The highest BCUT2D eigenvalue weighted by Gasteiger charge is 2.33. The first-order valence-corrected chi connectivity index (χ1v) is 7.93. The largest absolute Gasteiger partial charge is 0.451 e. The summed E-state index contributed by atoms with van der Waals surface area (Å²) in [6.45, 7) is -0.486. The van der Waals surface area contributed by atoms with E-state index in [2.05, 4.69) is 5.10 Å². The molecule has 0 aliphatic heterocycles. The predicted molar refractivity (Wildman–Crippen MR) is 88.0 cm³/mol. The Bertz CT molecular complexity index is 905. The zero-order valence-corrected chi connectivity index (χ0v) is 13.9. The van der Waals surface area contributed by atoms with Crippen molar-refractivity contribution in [1.29, 1.82) is 0 Å². The SMILES string of the molecule is O=C(Cn1ccc(C(F)(F)F)n1)O[C@@H](c1ccccc1)c1ccc(F)cc1. The van der Waals surface area contributed by atoms with Crippen LogP contribution in [0.25, 0.3) is 0 Å². The number of rotatable bonds is 5. The van der Waals surface area contributed by atoms with E-state index in [1.54, 1.807) is 30.3 Å². The molecule has 2 aromatic carbocycles. The number of carbonyl (C=O) groups is 1. The van der Waals surface area contributed by atoms with Gasteiger partial charge in [-0.2, -0.15) is 18.3 Å². The summed E-state index contributed by atoms with van der Waals surface area (Å²) in [7, 11) is 0. The van der Waals surface area contributed by atoms with Crippen LogP contribution in [0.15, 0.2) is 66.9 Å². The number of hydrogen-bond acceptors (Lipinski definition) is 3. The van der Waals surface area contributed by atoms with Crippen molar-refractivity contribution < 1.29 is 27.1 Å². The lowest BCUT2D eigenvalue weighted by atomic mass is 10.0. The van der Waals surface area contributed by atoms with E-state index in [0.29, 0.717) is 11.1 Å². The molecule has 27 heavy (non-hydrogen) atoms. The van der Waals surface area contributed by atoms with E-state index in [1.165, 1.54) is 24.3 Å². The zero-order chi connectivity index (χ0) is 19.4. The fraction of sp³-hybridized carbons (Fsp3) is 0.158. The van der Waals surface area contributed by atoms with Crippen LogP contribution in [0.5, 0.6) is 0 Å². The maximum Gasteiger partial charge on any atom is 0.435 e. The van der Waals surface area contributed by atoms with E-state index in [4.69, 9.17) is 4.74 Å². The normalized spacial score (nSPS) is 12.6. The highest BCUT2D eigenvalue weighted by molar-refractivity contribution is 5.69. The average molecular weight is 378 g/mol. The molecule has 140 valence electrons. The fourth-order valence-electron chi connectivity index (χ4n) is 2.50. The molecular formula is C19H14F4N2O2. The minimum atomic E-state index is -4.59. The third kappa shape index (κ3) is 4.72. The minimum absolute atomic E-state index is 0.437. The van der Waals surface area contributed by atoms with Crippen LogP contribution < -0.4 is 0 Å². The van der Waals surface area contributed by atoms with E-state index in [1.807, 2.05) is 0 Å². The maximum atomic E-state index is 13.2. The van der Waals surface area contributed by atoms with Gasteiger partial charge in [-0.15, -0.1) is 0 Å². The van der Waals surface area contributed by atoms with Gasteiger partial charge in [0, 0.05) is 6.20 Å². The van der Waals surface area contributed by atoms with E-state index < -0.39 is 36.3 Å². The Morgan fingerprint density at radius 2 is 1.63 bits per heavy atom. The maximum absolute atomic E-state index is 13.2. The quantitative estimate of drug-likeness (QED) is 0.489. The molecule has 3 aromatic rings. The van der Waals surface area contributed by atoms with Crippen molar-refractivity contribution in [2.45, 2.75) is 18.8 Å². The number of aromatic nitrogens is 2. The van der Waals surface area contributed by atoms with Crippen LogP contribution in [-0.2, 0) is 22.3 Å². The summed E-state index contributed by atoms with van der Waals surface area (Å²) >= 11 is 0. The van der Waals surface area contributed by atoms with Crippen molar-refractivity contribution in [3.8, 4) is 0 Å². The van der Waals surface area contributed by atoms with Crippen LogP contribution in [0, 0.1) is 5.82 Å². The Morgan fingerprint density at radius 3 is 2.22 bits per heavy atom. The van der Waals surface area contributed by atoms with Gasteiger partial charge in [-0.05, 0) is 29.3 Å². The van der Waals surface area contributed by atoms with Gasteiger partial charge in [-0.25, -0.2) is 4.39 Å². The van der Waals surface area contributed by atoms with Gasteiger partial charge in [0.15, 0.2) is 11.8 Å². The summed E-state index contributed by atoms with van der Waals surface area (Å²) in [6.07, 6.45) is -4.35. The summed E-state index contributed by atoms with van der Waals surface area (Å²) in [4.78, 5) is 12.3. The zero-order valence-electron chi connectivity index (χ0n) is 13.9. The summed E-state index contributed by atoms with van der Waals surface area (Å²) in [5.41, 5.74) is 0.0924. The van der Waals surface area contributed by atoms with Gasteiger partial charge >= 0.3 is 12.1 Å². The Balaban J connectivity index is 1.78. The molecule has 0 aliphatic rings. The van der Waals surface area contributed by atoms with Crippen LogP contribution in [0.4, 0.5) is 17.6 Å². The first kappa shape index (κ1) is 18.6. The minimum Gasteiger partial charge on any atom is -0.451 e. The van der Waals surface area contributed by atoms with E-state index in [0.717, 1.165) is 16.9 Å². The molecule has 0 bridgehead atoms. The number of halogens is 4. The average Bonchev–Trinajstić information content (AvgIpc) is 3.10. The predicted octanol–water partition coefficient (Wildman–Crippen LogP) is 4.37. The van der Waals surface area contributed by atoms with Crippen LogP contribution in [0.3, 0.4) is 0 Å². The van der Waals surface area contributed by atoms with E-state index >= 15 is 0 Å². The first-order valence-electron chi connectivity index (χ1n) is 7.93. The fourth-order valence-corrected chi connectivity index (χ4v) is 2.50. The number of benzene rings is 2. The number of ether oxygens (including phenoxy) is 1. The van der Waals surface area contributed by atoms with Crippen LogP contribution >= 0.6 is 0 Å². The molecule has 0 fully saturated rings. The molecule has 0 N–H and O–H groups in total. The van der Waals surface area contributed by atoms with Gasteiger partial charge in [0.25, 0.3) is 0 Å². The molecule has 0 saturated carbocycles. The number of esters is 1. The third-order valence-electron chi connectivity index (χ3n) is 3.75. The van der Waals surface area contributed by atoms with Crippen molar-refractivity contribution in [2.24, 2.45) is 0 Å². The second-order valence-electron chi connectivity index (χ2n) is 5.73. The van der Waals surface area contributed by atoms with Gasteiger partial charge < -0.3 is 4.74 Å². The molecule has 0 radical (unpaired) electrons. The van der Waals surface area contributed by atoms with Gasteiger partial charge in [0.05, 0.1) is 0 Å². The lowest BCUT2D eigenvalue weighted by Crippen LogP contribution is -2.19. The van der Waals surface area contributed by atoms with Crippen LogP contribution in [0.1, 0.15) is 22.9 Å².